The van der Waals surface area contributed by atoms with E-state index >= 15 is 0 Å². The van der Waals surface area contributed by atoms with Crippen molar-refractivity contribution in [1.29, 1.82) is 0 Å². The van der Waals surface area contributed by atoms with Gasteiger partial charge in [-0.3, -0.25) is 4.79 Å². The fourth-order valence-corrected chi connectivity index (χ4v) is 1.03. The standard InChI is InChI=1S/C10H16N2O2/c1-3-10(2,7-11)12-9(13)8-5-4-6-14-8/h4-6H,3,7,11H2,1-2H3,(H,12,13). The first-order chi connectivity index (χ1) is 6.61. The van der Waals surface area contributed by atoms with Crippen LogP contribution >= 0.6 is 0 Å². The summed E-state index contributed by atoms with van der Waals surface area (Å²) in [5.41, 5.74) is 5.22. The molecule has 0 aromatic carbocycles. The molecule has 0 aliphatic rings. The molecule has 4 nitrogen and oxygen atoms in total. The van der Waals surface area contributed by atoms with Crippen LogP contribution in [0.15, 0.2) is 22.8 Å². The highest BCUT2D eigenvalue weighted by molar-refractivity contribution is 5.91. The van der Waals surface area contributed by atoms with E-state index in [1.54, 1.807) is 12.1 Å². The van der Waals surface area contributed by atoms with Crippen molar-refractivity contribution in [2.75, 3.05) is 6.54 Å². The molecular formula is C10H16N2O2. The summed E-state index contributed by atoms with van der Waals surface area (Å²) in [6, 6.07) is 3.31. The first-order valence-electron chi connectivity index (χ1n) is 4.67. The van der Waals surface area contributed by atoms with Crippen molar-refractivity contribution in [2.45, 2.75) is 25.8 Å². The van der Waals surface area contributed by atoms with E-state index in [1.807, 2.05) is 13.8 Å². The van der Waals surface area contributed by atoms with E-state index in [9.17, 15) is 4.79 Å². The Bertz CT molecular complexity index is 289. The van der Waals surface area contributed by atoms with Crippen molar-refractivity contribution in [3.05, 3.63) is 24.2 Å². The minimum atomic E-state index is -0.357. The molecule has 14 heavy (non-hydrogen) atoms. The molecule has 0 aliphatic heterocycles. The summed E-state index contributed by atoms with van der Waals surface area (Å²) in [5.74, 6) is 0.0999. The van der Waals surface area contributed by atoms with Gasteiger partial charge in [-0.05, 0) is 25.5 Å². The third-order valence-corrected chi connectivity index (χ3v) is 2.39. The molecule has 1 unspecified atom stereocenters. The third kappa shape index (κ3) is 2.35. The van der Waals surface area contributed by atoms with Crippen molar-refractivity contribution >= 4 is 5.91 Å². The van der Waals surface area contributed by atoms with Crippen molar-refractivity contribution < 1.29 is 9.21 Å². The van der Waals surface area contributed by atoms with Gasteiger partial charge in [-0.15, -0.1) is 0 Å². The van der Waals surface area contributed by atoms with Crippen LogP contribution in [-0.2, 0) is 0 Å². The molecule has 0 radical (unpaired) electrons. The lowest BCUT2D eigenvalue weighted by Gasteiger charge is -2.27. The molecule has 1 heterocycles. The zero-order chi connectivity index (χ0) is 10.6. The zero-order valence-corrected chi connectivity index (χ0v) is 8.54. The fraction of sp³-hybridized carbons (Fsp3) is 0.500. The second-order valence-corrected chi connectivity index (χ2v) is 3.55. The topological polar surface area (TPSA) is 68.3 Å². The molecule has 78 valence electrons. The molecule has 3 N–H and O–H groups in total. The van der Waals surface area contributed by atoms with Crippen LogP contribution in [0.4, 0.5) is 0 Å². The van der Waals surface area contributed by atoms with E-state index in [4.69, 9.17) is 10.2 Å². The highest BCUT2D eigenvalue weighted by Gasteiger charge is 2.23. The second-order valence-electron chi connectivity index (χ2n) is 3.55. The number of nitrogens with one attached hydrogen (secondary N) is 1. The number of carbonyl (C=O) groups excluding carboxylic acids is 1. The predicted molar refractivity (Wildman–Crippen MR) is 53.9 cm³/mol. The fourth-order valence-electron chi connectivity index (χ4n) is 1.03. The Balaban J connectivity index is 2.65. The highest BCUT2D eigenvalue weighted by Crippen LogP contribution is 2.09. The van der Waals surface area contributed by atoms with Crippen LogP contribution < -0.4 is 11.1 Å². The van der Waals surface area contributed by atoms with Gasteiger partial charge in [0, 0.05) is 12.1 Å². The average molecular weight is 196 g/mol. The molecule has 1 amide bonds. The number of furan rings is 1. The van der Waals surface area contributed by atoms with Crippen LogP contribution in [0.5, 0.6) is 0 Å². The molecule has 0 saturated carbocycles. The number of amides is 1. The largest absolute Gasteiger partial charge is 0.459 e. The molecule has 4 heteroatoms. The summed E-state index contributed by atoms with van der Waals surface area (Å²) >= 11 is 0. The number of hydrogen-bond acceptors (Lipinski definition) is 3. The van der Waals surface area contributed by atoms with Gasteiger partial charge in [-0.25, -0.2) is 0 Å². The first kappa shape index (κ1) is 10.8. The van der Waals surface area contributed by atoms with Crippen molar-refractivity contribution in [2.24, 2.45) is 5.73 Å². The SMILES string of the molecule is CCC(C)(CN)NC(=O)c1ccco1. The molecule has 0 bridgehead atoms. The van der Waals surface area contributed by atoms with Crippen molar-refractivity contribution in [3.63, 3.8) is 0 Å². The zero-order valence-electron chi connectivity index (χ0n) is 8.54. The van der Waals surface area contributed by atoms with Gasteiger partial charge in [0.15, 0.2) is 5.76 Å². The van der Waals surface area contributed by atoms with Gasteiger partial charge in [-0.2, -0.15) is 0 Å². The maximum absolute atomic E-state index is 11.6. The van der Waals surface area contributed by atoms with Gasteiger partial charge in [0.2, 0.25) is 0 Å². The summed E-state index contributed by atoms with van der Waals surface area (Å²) in [6.07, 6.45) is 2.26. The summed E-state index contributed by atoms with van der Waals surface area (Å²) < 4.78 is 4.98. The first-order valence-corrected chi connectivity index (χ1v) is 4.67. The van der Waals surface area contributed by atoms with E-state index < -0.39 is 0 Å². The van der Waals surface area contributed by atoms with Crippen molar-refractivity contribution in [3.8, 4) is 0 Å². The number of rotatable bonds is 4. The van der Waals surface area contributed by atoms with Gasteiger partial charge in [0.05, 0.1) is 6.26 Å². The van der Waals surface area contributed by atoms with Gasteiger partial charge in [0.1, 0.15) is 0 Å². The molecule has 0 fully saturated rings. The lowest BCUT2D eigenvalue weighted by Crippen LogP contribution is -2.50. The van der Waals surface area contributed by atoms with E-state index in [0.29, 0.717) is 12.3 Å². The summed E-state index contributed by atoms with van der Waals surface area (Å²) in [4.78, 5) is 11.6. The number of hydrogen-bond donors (Lipinski definition) is 2. The van der Waals surface area contributed by atoms with E-state index in [2.05, 4.69) is 5.32 Å². The second kappa shape index (κ2) is 4.28. The molecule has 1 aromatic rings. The van der Waals surface area contributed by atoms with Crippen LogP contribution in [0.1, 0.15) is 30.8 Å². The highest BCUT2D eigenvalue weighted by atomic mass is 16.3. The van der Waals surface area contributed by atoms with Crippen molar-refractivity contribution in [1.82, 2.24) is 5.32 Å². The Morgan fingerprint density at radius 1 is 1.71 bits per heavy atom. The Kier molecular flexibility index (Phi) is 3.30. The Morgan fingerprint density at radius 2 is 2.43 bits per heavy atom. The maximum Gasteiger partial charge on any atom is 0.287 e. The number of nitrogens with two attached hydrogens (primary N) is 1. The number of carbonyl (C=O) groups is 1. The molecule has 0 aliphatic carbocycles. The quantitative estimate of drug-likeness (QED) is 0.758. The van der Waals surface area contributed by atoms with Crippen LogP contribution in [0.3, 0.4) is 0 Å². The van der Waals surface area contributed by atoms with Crippen LogP contribution in [-0.4, -0.2) is 18.0 Å². The minimum Gasteiger partial charge on any atom is -0.459 e. The van der Waals surface area contributed by atoms with Gasteiger partial charge >= 0.3 is 0 Å². The molecule has 1 rings (SSSR count). The molecule has 1 atom stereocenters. The lowest BCUT2D eigenvalue weighted by molar-refractivity contribution is 0.0878. The monoisotopic (exact) mass is 196 g/mol. The molecular weight excluding hydrogens is 180 g/mol. The smallest absolute Gasteiger partial charge is 0.287 e. The summed E-state index contributed by atoms with van der Waals surface area (Å²) in [5, 5.41) is 2.84. The van der Waals surface area contributed by atoms with Gasteiger partial charge in [0.25, 0.3) is 5.91 Å². The minimum absolute atomic E-state index is 0.218. The summed E-state index contributed by atoms with van der Waals surface area (Å²) in [7, 11) is 0. The Hall–Kier alpha value is -1.29. The lowest BCUT2D eigenvalue weighted by atomic mass is 9.99. The van der Waals surface area contributed by atoms with Crippen LogP contribution in [0.25, 0.3) is 0 Å². The van der Waals surface area contributed by atoms with Crippen LogP contribution in [0, 0.1) is 0 Å². The molecule has 0 spiro atoms. The summed E-state index contributed by atoms with van der Waals surface area (Å²) in [6.45, 7) is 4.30. The van der Waals surface area contributed by atoms with E-state index in [1.165, 1.54) is 6.26 Å². The van der Waals surface area contributed by atoms with Crippen LogP contribution in [0.2, 0.25) is 0 Å². The molecule has 1 aromatic heterocycles. The Labute approximate surface area is 83.5 Å². The average Bonchev–Trinajstić information content (AvgIpc) is 2.70. The Morgan fingerprint density at radius 3 is 2.86 bits per heavy atom. The van der Waals surface area contributed by atoms with E-state index in [-0.39, 0.29) is 11.4 Å². The maximum atomic E-state index is 11.6. The third-order valence-electron chi connectivity index (χ3n) is 2.39. The normalized spacial score (nSPS) is 14.8. The molecule has 0 saturated heterocycles. The predicted octanol–water partition coefficient (Wildman–Crippen LogP) is 1.14. The van der Waals surface area contributed by atoms with E-state index in [0.717, 1.165) is 6.42 Å². The van der Waals surface area contributed by atoms with Gasteiger partial charge in [-0.1, -0.05) is 6.92 Å². The van der Waals surface area contributed by atoms with Gasteiger partial charge < -0.3 is 15.5 Å².